The first-order chi connectivity index (χ1) is 9.40. The molecule has 1 aromatic rings. The predicted molar refractivity (Wildman–Crippen MR) is 79.3 cm³/mol. The SMILES string of the molecule is CNCc1ccncc1N1CCC[C@H]2CCCC[C@H]21. The molecular formula is C16H25N3. The maximum atomic E-state index is 4.37. The average molecular weight is 259 g/mol. The number of hydrogen-bond acceptors (Lipinski definition) is 3. The minimum Gasteiger partial charge on any atom is -0.367 e. The number of piperidine rings is 1. The van der Waals surface area contributed by atoms with Gasteiger partial charge in [-0.25, -0.2) is 0 Å². The van der Waals surface area contributed by atoms with E-state index in [1.165, 1.54) is 56.3 Å². The minimum atomic E-state index is 0.766. The number of nitrogens with one attached hydrogen (secondary N) is 1. The van der Waals surface area contributed by atoms with Crippen LogP contribution in [0.15, 0.2) is 18.5 Å². The molecule has 3 rings (SSSR count). The highest BCUT2D eigenvalue weighted by atomic mass is 15.2. The van der Waals surface area contributed by atoms with Crippen molar-refractivity contribution in [1.29, 1.82) is 0 Å². The molecule has 0 unspecified atom stereocenters. The molecule has 0 amide bonds. The van der Waals surface area contributed by atoms with Gasteiger partial charge in [0.15, 0.2) is 0 Å². The summed E-state index contributed by atoms with van der Waals surface area (Å²) in [5.41, 5.74) is 2.76. The molecule has 3 heteroatoms. The molecule has 1 saturated heterocycles. The zero-order valence-electron chi connectivity index (χ0n) is 11.9. The summed E-state index contributed by atoms with van der Waals surface area (Å²) >= 11 is 0. The highest BCUT2D eigenvalue weighted by Gasteiger charge is 2.33. The van der Waals surface area contributed by atoms with E-state index in [-0.39, 0.29) is 0 Å². The smallest absolute Gasteiger partial charge is 0.0600 e. The molecule has 0 aromatic carbocycles. The van der Waals surface area contributed by atoms with Gasteiger partial charge in [-0.05, 0) is 50.3 Å². The van der Waals surface area contributed by atoms with Gasteiger partial charge >= 0.3 is 0 Å². The summed E-state index contributed by atoms with van der Waals surface area (Å²) in [5, 5.41) is 3.28. The van der Waals surface area contributed by atoms with Crippen molar-refractivity contribution in [3.63, 3.8) is 0 Å². The zero-order valence-corrected chi connectivity index (χ0v) is 11.9. The lowest BCUT2D eigenvalue weighted by atomic mass is 9.78. The molecule has 0 bridgehead atoms. The first-order valence-electron chi connectivity index (χ1n) is 7.74. The van der Waals surface area contributed by atoms with Crippen molar-refractivity contribution in [1.82, 2.24) is 10.3 Å². The molecule has 3 nitrogen and oxygen atoms in total. The lowest BCUT2D eigenvalue weighted by molar-refractivity contribution is 0.243. The maximum Gasteiger partial charge on any atom is 0.0600 e. The number of fused-ring (bicyclic) bond motifs is 1. The van der Waals surface area contributed by atoms with Crippen LogP contribution < -0.4 is 10.2 Å². The largest absolute Gasteiger partial charge is 0.367 e. The van der Waals surface area contributed by atoms with Gasteiger partial charge in [-0.1, -0.05) is 12.8 Å². The third-order valence-corrected chi connectivity index (χ3v) is 4.81. The van der Waals surface area contributed by atoms with Crippen LogP contribution in [0.2, 0.25) is 0 Å². The zero-order chi connectivity index (χ0) is 13.1. The van der Waals surface area contributed by atoms with Gasteiger partial charge in [0.2, 0.25) is 0 Å². The molecule has 1 aliphatic carbocycles. The lowest BCUT2D eigenvalue weighted by Gasteiger charge is -2.46. The van der Waals surface area contributed by atoms with Crippen molar-refractivity contribution in [2.75, 3.05) is 18.5 Å². The third-order valence-electron chi connectivity index (χ3n) is 4.81. The Morgan fingerprint density at radius 1 is 1.26 bits per heavy atom. The Labute approximate surface area is 116 Å². The lowest BCUT2D eigenvalue weighted by Crippen LogP contribution is -2.47. The molecule has 2 atom stereocenters. The topological polar surface area (TPSA) is 28.2 Å². The van der Waals surface area contributed by atoms with Crippen molar-refractivity contribution in [2.24, 2.45) is 5.92 Å². The van der Waals surface area contributed by atoms with Crippen molar-refractivity contribution in [2.45, 2.75) is 51.1 Å². The second-order valence-electron chi connectivity index (χ2n) is 5.98. The number of anilines is 1. The summed E-state index contributed by atoms with van der Waals surface area (Å²) in [4.78, 5) is 7.03. The van der Waals surface area contributed by atoms with Crippen LogP contribution in [-0.4, -0.2) is 24.6 Å². The molecule has 2 aliphatic rings. The van der Waals surface area contributed by atoms with Crippen LogP contribution in [0.5, 0.6) is 0 Å². The highest BCUT2D eigenvalue weighted by Crippen LogP contribution is 2.38. The molecule has 1 N–H and O–H groups in total. The normalized spacial score (nSPS) is 27.1. The fourth-order valence-corrected chi connectivity index (χ4v) is 3.94. The van der Waals surface area contributed by atoms with Crippen LogP contribution in [0.4, 0.5) is 5.69 Å². The van der Waals surface area contributed by atoms with Crippen LogP contribution in [0, 0.1) is 5.92 Å². The molecule has 1 aliphatic heterocycles. The van der Waals surface area contributed by atoms with Gasteiger partial charge < -0.3 is 10.2 Å². The van der Waals surface area contributed by atoms with E-state index >= 15 is 0 Å². The molecule has 1 aromatic heterocycles. The quantitative estimate of drug-likeness (QED) is 0.904. The Hall–Kier alpha value is -1.09. The fraction of sp³-hybridized carbons (Fsp3) is 0.688. The number of rotatable bonds is 3. The minimum absolute atomic E-state index is 0.766. The van der Waals surface area contributed by atoms with Crippen molar-refractivity contribution in [3.8, 4) is 0 Å². The van der Waals surface area contributed by atoms with E-state index in [1.54, 1.807) is 0 Å². The van der Waals surface area contributed by atoms with Crippen LogP contribution in [-0.2, 0) is 6.54 Å². The molecular weight excluding hydrogens is 234 g/mol. The molecule has 1 saturated carbocycles. The molecule has 0 radical (unpaired) electrons. The van der Waals surface area contributed by atoms with Gasteiger partial charge in [0, 0.05) is 25.3 Å². The van der Waals surface area contributed by atoms with E-state index < -0.39 is 0 Å². The monoisotopic (exact) mass is 259 g/mol. The van der Waals surface area contributed by atoms with E-state index in [0.717, 1.165) is 18.5 Å². The van der Waals surface area contributed by atoms with Gasteiger partial charge in [-0.3, -0.25) is 4.98 Å². The third kappa shape index (κ3) is 2.62. The van der Waals surface area contributed by atoms with E-state index in [0.29, 0.717) is 0 Å². The van der Waals surface area contributed by atoms with Gasteiger partial charge in [-0.15, -0.1) is 0 Å². The molecule has 0 spiro atoms. The summed E-state index contributed by atoms with van der Waals surface area (Å²) in [6, 6.07) is 2.93. The van der Waals surface area contributed by atoms with E-state index in [4.69, 9.17) is 0 Å². The van der Waals surface area contributed by atoms with Crippen molar-refractivity contribution >= 4 is 5.69 Å². The first kappa shape index (κ1) is 12.9. The number of hydrogen-bond donors (Lipinski definition) is 1. The van der Waals surface area contributed by atoms with Gasteiger partial charge in [0.05, 0.1) is 11.9 Å². The van der Waals surface area contributed by atoms with Gasteiger partial charge in [0.25, 0.3) is 0 Å². The molecule has 2 heterocycles. The van der Waals surface area contributed by atoms with Gasteiger partial charge in [-0.2, -0.15) is 0 Å². The summed E-state index contributed by atoms with van der Waals surface area (Å²) in [7, 11) is 2.02. The summed E-state index contributed by atoms with van der Waals surface area (Å²) in [5.74, 6) is 0.921. The summed E-state index contributed by atoms with van der Waals surface area (Å²) in [6.07, 6.45) is 12.4. The Morgan fingerprint density at radius 3 is 3.00 bits per heavy atom. The number of aromatic nitrogens is 1. The highest BCUT2D eigenvalue weighted by molar-refractivity contribution is 5.53. The molecule has 2 fully saturated rings. The summed E-state index contributed by atoms with van der Waals surface area (Å²) < 4.78 is 0. The van der Waals surface area contributed by atoms with E-state index in [2.05, 4.69) is 27.5 Å². The first-order valence-corrected chi connectivity index (χ1v) is 7.74. The predicted octanol–water partition coefficient (Wildman–Crippen LogP) is 2.96. The Kier molecular flexibility index (Phi) is 4.02. The van der Waals surface area contributed by atoms with Gasteiger partial charge in [0.1, 0.15) is 0 Å². The summed E-state index contributed by atoms with van der Waals surface area (Å²) in [6.45, 7) is 2.15. The van der Waals surface area contributed by atoms with Crippen molar-refractivity contribution < 1.29 is 0 Å². The number of nitrogens with zero attached hydrogens (tertiary/aromatic N) is 2. The molecule has 104 valence electrons. The van der Waals surface area contributed by atoms with Crippen molar-refractivity contribution in [3.05, 3.63) is 24.0 Å². The molecule has 19 heavy (non-hydrogen) atoms. The Morgan fingerprint density at radius 2 is 2.11 bits per heavy atom. The number of pyridine rings is 1. The second-order valence-corrected chi connectivity index (χ2v) is 5.98. The Balaban J connectivity index is 1.87. The van der Waals surface area contributed by atoms with E-state index in [9.17, 15) is 0 Å². The van der Waals surface area contributed by atoms with E-state index in [1.807, 2.05) is 13.2 Å². The van der Waals surface area contributed by atoms with Crippen LogP contribution in [0.25, 0.3) is 0 Å². The van der Waals surface area contributed by atoms with Crippen LogP contribution in [0.1, 0.15) is 44.1 Å². The fourth-order valence-electron chi connectivity index (χ4n) is 3.94. The maximum absolute atomic E-state index is 4.37. The van der Waals surface area contributed by atoms with Crippen LogP contribution in [0.3, 0.4) is 0 Å². The van der Waals surface area contributed by atoms with Crippen LogP contribution >= 0.6 is 0 Å². The Bertz CT molecular complexity index is 416. The standard InChI is InChI=1S/C16H25N3/c1-17-11-14-8-9-18-12-16(14)19-10-4-6-13-5-2-3-7-15(13)19/h8-9,12-13,15,17H,2-7,10-11H2,1H3/t13-,15-/m1/s1. The second kappa shape index (κ2) is 5.91. The average Bonchev–Trinajstić information content (AvgIpc) is 2.48.